The minimum absolute atomic E-state index is 0.0569. The highest BCUT2D eigenvalue weighted by Gasteiger charge is 2.32. The second-order valence-corrected chi connectivity index (χ2v) is 9.79. The highest BCUT2D eigenvalue weighted by atomic mass is 16.5. The predicted octanol–water partition coefficient (Wildman–Crippen LogP) is 4.74. The highest BCUT2D eigenvalue weighted by Crippen LogP contribution is 2.38. The third kappa shape index (κ3) is 5.26. The topological polar surface area (TPSA) is 93.9 Å². The minimum atomic E-state index is -0.349. The van der Waals surface area contributed by atoms with E-state index in [1.165, 1.54) is 7.11 Å². The quantitative estimate of drug-likeness (QED) is 0.502. The van der Waals surface area contributed by atoms with Gasteiger partial charge in [0.1, 0.15) is 12.1 Å². The number of carbonyl (C=O) groups excluding carboxylic acids is 2. The number of anilines is 1. The molecule has 2 aliphatic heterocycles. The lowest BCUT2D eigenvalue weighted by Gasteiger charge is -2.34. The van der Waals surface area contributed by atoms with Gasteiger partial charge in [0.25, 0.3) is 0 Å². The number of carbonyl (C=O) groups is 2. The summed E-state index contributed by atoms with van der Waals surface area (Å²) in [5, 5.41) is 7.00. The molecule has 5 rings (SSSR count). The zero-order valence-corrected chi connectivity index (χ0v) is 22.1. The number of aliphatic hydroxyl groups is 1. The summed E-state index contributed by atoms with van der Waals surface area (Å²) in [6.45, 7) is 5.50. The number of rotatable bonds is 5. The molecule has 3 atom stereocenters. The van der Waals surface area contributed by atoms with E-state index in [4.69, 9.17) is 19.6 Å². The molecule has 3 unspecified atom stereocenters. The molecule has 1 aromatic heterocycles. The molecular weight excluding hydrogens is 470 g/mol. The number of methoxy groups -OCH3 is 1. The van der Waals surface area contributed by atoms with E-state index in [2.05, 4.69) is 16.7 Å². The fourth-order valence-corrected chi connectivity index (χ4v) is 5.64. The van der Waals surface area contributed by atoms with Crippen molar-refractivity contribution in [3.63, 3.8) is 0 Å². The Morgan fingerprint density at radius 3 is 2.76 bits per heavy atom. The van der Waals surface area contributed by atoms with Crippen molar-refractivity contribution in [2.45, 2.75) is 64.0 Å². The van der Waals surface area contributed by atoms with E-state index >= 15 is 0 Å². The van der Waals surface area contributed by atoms with Gasteiger partial charge in [-0.25, -0.2) is 9.78 Å². The highest BCUT2D eigenvalue weighted by molar-refractivity contribution is 5.95. The van der Waals surface area contributed by atoms with E-state index < -0.39 is 0 Å². The van der Waals surface area contributed by atoms with Crippen molar-refractivity contribution in [2.24, 2.45) is 0 Å². The Morgan fingerprint density at radius 1 is 1.27 bits per heavy atom. The first-order valence-corrected chi connectivity index (χ1v) is 13.0. The van der Waals surface area contributed by atoms with Gasteiger partial charge < -0.3 is 23.9 Å². The normalized spacial score (nSPS) is 20.0. The number of hydrogen-bond acceptors (Lipinski definition) is 6. The zero-order valence-electron chi connectivity index (χ0n) is 22.1. The van der Waals surface area contributed by atoms with Crippen LogP contribution < -0.4 is 4.90 Å². The van der Waals surface area contributed by atoms with Crippen molar-refractivity contribution in [1.82, 2.24) is 9.55 Å². The van der Waals surface area contributed by atoms with Gasteiger partial charge in [-0.05, 0) is 57.2 Å². The maximum atomic E-state index is 12.6. The van der Waals surface area contributed by atoms with Crippen LogP contribution in [0.2, 0.25) is 0 Å². The van der Waals surface area contributed by atoms with E-state index in [1.807, 2.05) is 38.1 Å². The van der Waals surface area contributed by atoms with Crippen LogP contribution in [0, 0.1) is 6.92 Å². The second kappa shape index (κ2) is 11.9. The molecule has 8 nitrogen and oxygen atoms in total. The summed E-state index contributed by atoms with van der Waals surface area (Å²) in [5.41, 5.74) is 6.03. The first-order valence-electron chi connectivity index (χ1n) is 13.0. The lowest BCUT2D eigenvalue weighted by molar-refractivity contribution is -0.109. The molecule has 1 fully saturated rings. The van der Waals surface area contributed by atoms with Crippen LogP contribution in [0.5, 0.6) is 0 Å². The van der Waals surface area contributed by atoms with E-state index in [9.17, 15) is 9.59 Å². The molecule has 0 saturated carbocycles. The largest absolute Gasteiger partial charge is 0.452 e. The number of nitrogens with zero attached hydrogens (tertiary/aromatic N) is 3. The number of amides is 1. The number of hydrogen-bond donors (Lipinski definition) is 1. The van der Waals surface area contributed by atoms with Crippen LogP contribution in [0.3, 0.4) is 0 Å². The number of aliphatic hydroxyl groups excluding tert-OH is 1. The van der Waals surface area contributed by atoms with Crippen LogP contribution in [0.25, 0.3) is 11.0 Å². The maximum absolute atomic E-state index is 12.6. The minimum Gasteiger partial charge on any atom is -0.452 e. The average molecular weight is 508 g/mol. The molecule has 37 heavy (non-hydrogen) atoms. The molecule has 0 radical (unpaired) electrons. The van der Waals surface area contributed by atoms with Gasteiger partial charge in [-0.3, -0.25) is 4.90 Å². The monoisotopic (exact) mass is 507 g/mol. The number of benzene rings is 2. The van der Waals surface area contributed by atoms with Gasteiger partial charge in [0, 0.05) is 37.7 Å². The SMILES string of the molecule is CO.COC(=O)N1c2ccc3c(nc(CC(C=O)c4cccc(C)c4)n3C3CCCOC3)c2CCC1C. The zero-order chi connectivity index (χ0) is 26.5. The Labute approximate surface area is 218 Å². The van der Waals surface area contributed by atoms with Crippen molar-refractivity contribution >= 4 is 29.1 Å². The van der Waals surface area contributed by atoms with E-state index in [-0.39, 0.29) is 24.1 Å². The van der Waals surface area contributed by atoms with E-state index in [0.717, 1.165) is 84.9 Å². The molecule has 198 valence electrons. The van der Waals surface area contributed by atoms with Gasteiger partial charge in [0.15, 0.2) is 0 Å². The van der Waals surface area contributed by atoms with Crippen LogP contribution in [0.1, 0.15) is 60.7 Å². The molecule has 3 aromatic rings. The third-order valence-corrected chi connectivity index (χ3v) is 7.44. The van der Waals surface area contributed by atoms with Crippen molar-refractivity contribution in [1.29, 1.82) is 0 Å². The summed E-state index contributed by atoms with van der Waals surface area (Å²) >= 11 is 0. The van der Waals surface area contributed by atoms with Gasteiger partial charge in [-0.1, -0.05) is 29.8 Å². The Hall–Kier alpha value is -3.23. The van der Waals surface area contributed by atoms with Crippen LogP contribution in [-0.4, -0.2) is 60.5 Å². The van der Waals surface area contributed by atoms with Crippen molar-refractivity contribution < 1.29 is 24.2 Å². The Morgan fingerprint density at radius 2 is 2.08 bits per heavy atom. The summed E-state index contributed by atoms with van der Waals surface area (Å²) in [6, 6.07) is 12.4. The van der Waals surface area contributed by atoms with Gasteiger partial charge in [0.05, 0.1) is 36.5 Å². The van der Waals surface area contributed by atoms with Gasteiger partial charge >= 0.3 is 6.09 Å². The van der Waals surface area contributed by atoms with Crippen LogP contribution >= 0.6 is 0 Å². The molecule has 0 bridgehead atoms. The summed E-state index contributed by atoms with van der Waals surface area (Å²) in [4.78, 5) is 31.7. The summed E-state index contributed by atoms with van der Waals surface area (Å²) < 4.78 is 13.2. The van der Waals surface area contributed by atoms with E-state index in [0.29, 0.717) is 13.0 Å². The van der Waals surface area contributed by atoms with Crippen LogP contribution in [0.15, 0.2) is 36.4 Å². The Balaban J connectivity index is 0.00000156. The number of aromatic nitrogens is 2. The summed E-state index contributed by atoms with van der Waals surface area (Å²) in [6.07, 6.45) is 4.90. The maximum Gasteiger partial charge on any atom is 0.414 e. The fourth-order valence-electron chi connectivity index (χ4n) is 5.64. The van der Waals surface area contributed by atoms with Gasteiger partial charge in [-0.15, -0.1) is 0 Å². The van der Waals surface area contributed by atoms with Crippen molar-refractivity contribution in [3.05, 3.63) is 58.9 Å². The first-order chi connectivity index (χ1) is 18.0. The number of aldehydes is 1. The molecule has 1 N–H and O–H groups in total. The summed E-state index contributed by atoms with van der Waals surface area (Å²) in [5.74, 6) is 0.614. The number of aryl methyl sites for hydroxylation is 2. The number of imidazole rings is 1. The van der Waals surface area contributed by atoms with Crippen LogP contribution in [0.4, 0.5) is 10.5 Å². The van der Waals surface area contributed by atoms with Gasteiger partial charge in [-0.2, -0.15) is 0 Å². The average Bonchev–Trinajstić information content (AvgIpc) is 3.31. The number of fused-ring (bicyclic) bond motifs is 3. The smallest absolute Gasteiger partial charge is 0.414 e. The van der Waals surface area contributed by atoms with Crippen molar-refractivity contribution in [2.75, 3.05) is 32.3 Å². The molecule has 1 saturated heterocycles. The molecule has 0 spiro atoms. The third-order valence-electron chi connectivity index (χ3n) is 7.44. The molecule has 2 aromatic carbocycles. The standard InChI is InChI=1S/C28H33N3O4.CH4O/c1-18-6-4-7-20(14-18)21(16-32)15-26-29-27-23-10-9-19(2)30(28(33)34-3)24(23)11-12-25(27)31(26)22-8-5-13-35-17-22;1-2/h4,6-7,11-12,14,16,19,21-22H,5,8-10,13,15,17H2,1-3H3;2H,1H3. The lowest BCUT2D eigenvalue weighted by atomic mass is 9.95. The Kier molecular flexibility index (Phi) is 8.61. The molecule has 8 heteroatoms. The fraction of sp³-hybridized carbons (Fsp3) is 0.483. The van der Waals surface area contributed by atoms with E-state index in [1.54, 1.807) is 4.90 Å². The Bertz CT molecular complexity index is 1250. The predicted molar refractivity (Wildman–Crippen MR) is 143 cm³/mol. The molecule has 0 aliphatic carbocycles. The summed E-state index contributed by atoms with van der Waals surface area (Å²) in [7, 11) is 2.42. The first kappa shape index (κ1) is 26.8. The molecule has 1 amide bonds. The second-order valence-electron chi connectivity index (χ2n) is 9.79. The lowest BCUT2D eigenvalue weighted by Crippen LogP contribution is -2.42. The molecule has 2 aliphatic rings. The number of ether oxygens (including phenoxy) is 2. The van der Waals surface area contributed by atoms with Crippen molar-refractivity contribution in [3.8, 4) is 0 Å². The molecule has 3 heterocycles. The van der Waals surface area contributed by atoms with Crippen LogP contribution in [-0.2, 0) is 27.1 Å². The van der Waals surface area contributed by atoms with Gasteiger partial charge in [0.2, 0.25) is 0 Å². The molecular formula is C29H37N3O5.